The summed E-state index contributed by atoms with van der Waals surface area (Å²) < 4.78 is 0. The lowest BCUT2D eigenvalue weighted by Crippen LogP contribution is -2.63. The van der Waals surface area contributed by atoms with Crippen molar-refractivity contribution in [3.8, 4) is 0 Å². The van der Waals surface area contributed by atoms with E-state index in [9.17, 15) is 73.5 Å². The number of aliphatic hydroxyl groups is 4. The first-order chi connectivity index (χ1) is 53.7. The summed E-state index contributed by atoms with van der Waals surface area (Å²) in [5.74, 6) is -11.2. The standard InChI is InChI=1S/C77H126N16O18S2/c1-8-12-52-67(102)85-54(25-26-61(99)100)68(103)86-55(31-43-17-21-49(96)22-18-43)70(105)84-53(13-9-2)69(104)92-63(42(4)95)75(110)90-59(65(78)101)39-113-38-46-15-10-14-45(30-46)37-112-29-27-60(98)91-64(77(5,6)7)76(111)89-56(32-44-19-23-50(97)24-20-44)71(106)87-58(34-48-36-79-40-82-48)73(108)93-62(41(3)94)74(109)88-57(72(107)83-52)33-47-35-81-66-51(47)16-11-28-80-66/h10,14-15,30,41-44,47-59,62-64,66,79-82,94-97H,8-9,11-13,16-29,31-40H2,1-7H3,(H2,78,101)(H,83,107)(H,84,105)(H,85,102)(H,86,103)(H,87,106)(H,88,109)(H,89,111)(H,90,110)(H,91,98)(H,92,104)(H,93,108)(H,99,100)/t41-,42-,43?,44?,47?,48?,49?,50?,51?,52+,53+,54+,55+,56+,57+,58+,59+,62+,63+,64+,66?/m1/s1. The fourth-order valence-corrected chi connectivity index (χ4v) is 17.6. The molecule has 5 fully saturated rings. The Labute approximate surface area is 670 Å². The smallest absolute Gasteiger partial charge is 0.303 e. The third-order valence-corrected chi connectivity index (χ3v) is 24.3. The molecule has 0 aromatic heterocycles. The van der Waals surface area contributed by atoms with Gasteiger partial charge in [0.1, 0.15) is 66.5 Å². The van der Waals surface area contributed by atoms with Gasteiger partial charge >= 0.3 is 5.97 Å². The summed E-state index contributed by atoms with van der Waals surface area (Å²) in [4.78, 5) is 187. The zero-order chi connectivity index (χ0) is 82.6. The van der Waals surface area contributed by atoms with Crippen LogP contribution in [0.25, 0.3) is 0 Å². The average Bonchev–Trinajstić information content (AvgIpc) is 1.75. The molecule has 7 rings (SSSR count). The summed E-state index contributed by atoms with van der Waals surface area (Å²) >= 11 is 2.74. The number of piperidine rings is 1. The van der Waals surface area contributed by atoms with Gasteiger partial charge in [-0.05, 0) is 176 Å². The maximum absolute atomic E-state index is 15.2. The number of carbonyl (C=O) groups is 13. The summed E-state index contributed by atoms with van der Waals surface area (Å²) in [7, 11) is 0. The number of carbonyl (C=O) groups excluding carboxylic acids is 12. The third kappa shape index (κ3) is 30.1. The lowest BCUT2D eigenvalue weighted by atomic mass is 9.82. The molecule has 0 spiro atoms. The molecule has 17 atom stereocenters. The van der Waals surface area contributed by atoms with Gasteiger partial charge in [-0.25, -0.2) is 0 Å². The van der Waals surface area contributed by atoms with Crippen LogP contribution in [0.5, 0.6) is 0 Å². The van der Waals surface area contributed by atoms with E-state index < -0.39 is 192 Å². The molecule has 2 bridgehead atoms. The number of carboxylic acid groups (broad SMARTS) is 1. The van der Waals surface area contributed by atoms with Crippen molar-refractivity contribution in [2.24, 2.45) is 34.8 Å². The second-order valence-corrected chi connectivity index (χ2v) is 34.7. The predicted molar refractivity (Wildman–Crippen MR) is 424 cm³/mol. The second kappa shape index (κ2) is 45.9. The van der Waals surface area contributed by atoms with Gasteiger partial charge in [0, 0.05) is 55.1 Å². The molecule has 12 amide bonds. The largest absolute Gasteiger partial charge is 0.481 e. The van der Waals surface area contributed by atoms with E-state index in [1.54, 1.807) is 34.6 Å². The summed E-state index contributed by atoms with van der Waals surface area (Å²) in [6, 6.07) is -8.90. The van der Waals surface area contributed by atoms with Crippen molar-refractivity contribution >= 4 is 100 Å². The topological polar surface area (TPSA) is 530 Å². The number of amides is 12. The van der Waals surface area contributed by atoms with Crippen LogP contribution in [-0.4, -0.2) is 243 Å². The molecule has 4 aliphatic heterocycles. The number of nitrogens with two attached hydrogens (primary N) is 1. The summed E-state index contributed by atoms with van der Waals surface area (Å²) in [5.41, 5.74) is 6.68. The van der Waals surface area contributed by atoms with E-state index in [0.717, 1.165) is 30.5 Å². The molecule has 113 heavy (non-hydrogen) atoms. The highest BCUT2D eigenvalue weighted by Gasteiger charge is 2.44. The van der Waals surface area contributed by atoms with E-state index >= 15 is 14.4 Å². The fourth-order valence-electron chi connectivity index (χ4n) is 15.6. The number of carboxylic acids is 1. The minimum Gasteiger partial charge on any atom is -0.481 e. The molecule has 34 nitrogen and oxygen atoms in total. The van der Waals surface area contributed by atoms with E-state index in [1.165, 1.54) is 37.4 Å². The van der Waals surface area contributed by atoms with Crippen LogP contribution in [0.1, 0.15) is 194 Å². The Morgan fingerprint density at radius 1 is 0.531 bits per heavy atom. The minimum atomic E-state index is -1.78. The van der Waals surface area contributed by atoms with Crippen LogP contribution >= 0.6 is 23.5 Å². The Bertz CT molecular complexity index is 3370. The van der Waals surface area contributed by atoms with Gasteiger partial charge in [-0.15, -0.1) is 0 Å². The molecular weight excluding hydrogens is 1500 g/mol. The molecule has 4 unspecified atom stereocenters. The number of primary amides is 1. The van der Waals surface area contributed by atoms with Gasteiger partial charge in [0.15, 0.2) is 0 Å². The number of rotatable bonds is 18. The summed E-state index contributed by atoms with van der Waals surface area (Å²) in [6.45, 7) is 13.1. The summed E-state index contributed by atoms with van der Waals surface area (Å²) in [5, 5.41) is 96.7. The van der Waals surface area contributed by atoms with Crippen LogP contribution in [0, 0.1) is 29.1 Å². The third-order valence-electron chi connectivity index (χ3n) is 22.2. The zero-order valence-corrected chi connectivity index (χ0v) is 68.0. The first kappa shape index (κ1) is 92.9. The molecule has 2 saturated carbocycles. The SMILES string of the molecule is CCC[C@@H]1NC(=O)[C@H](CC2CNC3NCCCC23)NC(=O)[C@H]([C@@H](C)O)NC(=O)[C@H](CC2CNCN2)NC(=O)[C@H](CC2CCC(O)CC2)NC(=O)[C@@H](C(C)(C)C)NC(=O)CCSCc2cccc(c2)CSC[C@@H](C(N)=O)NC(=O)[C@H]([C@@H](C)O)NC(=O)[C@H](CCC)NC(=O)[C@H](CC2CCC(O)CC2)NC(=O)[C@H](CCC(=O)O)NC1=O. The van der Waals surface area contributed by atoms with E-state index in [1.807, 2.05) is 24.3 Å². The van der Waals surface area contributed by atoms with Crippen LogP contribution in [0.3, 0.4) is 0 Å². The van der Waals surface area contributed by atoms with Gasteiger partial charge in [0.2, 0.25) is 70.9 Å². The van der Waals surface area contributed by atoms with Gasteiger partial charge in [0.25, 0.3) is 0 Å². The van der Waals surface area contributed by atoms with Crippen molar-refractivity contribution in [3.05, 3.63) is 35.4 Å². The van der Waals surface area contributed by atoms with E-state index in [2.05, 4.69) is 79.8 Å². The number of aliphatic carboxylic acids is 1. The van der Waals surface area contributed by atoms with Crippen LogP contribution in [0.4, 0.5) is 0 Å². The second-order valence-electron chi connectivity index (χ2n) is 32.6. The number of nitrogens with one attached hydrogen (secondary N) is 15. The van der Waals surface area contributed by atoms with Crippen LogP contribution in [-0.2, 0) is 73.8 Å². The number of aliphatic hydroxyl groups excluding tert-OH is 4. The molecule has 6 aliphatic rings. The van der Waals surface area contributed by atoms with Gasteiger partial charge in [-0.2, -0.15) is 23.5 Å². The monoisotopic (exact) mass is 1630 g/mol. The van der Waals surface area contributed by atoms with Crippen molar-refractivity contribution in [2.75, 3.05) is 37.8 Å². The molecule has 0 radical (unpaired) electrons. The first-order valence-electron chi connectivity index (χ1n) is 40.4. The van der Waals surface area contributed by atoms with E-state index in [-0.39, 0.29) is 87.0 Å². The Morgan fingerprint density at radius 3 is 1.49 bits per heavy atom. The highest BCUT2D eigenvalue weighted by Crippen LogP contribution is 2.34. The lowest BCUT2D eigenvalue weighted by molar-refractivity contribution is -0.139. The quantitative estimate of drug-likeness (QED) is 0.0785. The minimum absolute atomic E-state index is 0.00734. The number of thioether (sulfide) groups is 2. The predicted octanol–water partition coefficient (Wildman–Crippen LogP) is -1.63. The lowest BCUT2D eigenvalue weighted by Gasteiger charge is -2.34. The molecule has 3 saturated heterocycles. The maximum Gasteiger partial charge on any atom is 0.303 e. The molecule has 36 heteroatoms. The van der Waals surface area contributed by atoms with Crippen LogP contribution < -0.4 is 85.5 Å². The number of hydrogen-bond acceptors (Lipinski definition) is 23. The van der Waals surface area contributed by atoms with Gasteiger partial charge < -0.3 is 111 Å². The molecule has 634 valence electrons. The normalized spacial score (nSPS) is 32.5. The molecule has 4 heterocycles. The molecular formula is C77H126N16O18S2. The van der Waals surface area contributed by atoms with Crippen molar-refractivity contribution < 1.29 is 87.9 Å². The number of hydrogen-bond donors (Lipinski definition) is 21. The van der Waals surface area contributed by atoms with Gasteiger partial charge in [-0.3, -0.25) is 62.3 Å². The zero-order valence-electron chi connectivity index (χ0n) is 66.4. The van der Waals surface area contributed by atoms with Crippen LogP contribution in [0.2, 0.25) is 0 Å². The highest BCUT2D eigenvalue weighted by molar-refractivity contribution is 7.98. The Kier molecular flexibility index (Phi) is 37.7. The van der Waals surface area contributed by atoms with Crippen molar-refractivity contribution in [1.29, 1.82) is 0 Å². The molecule has 22 N–H and O–H groups in total. The Hall–Kier alpha value is -7.29. The fraction of sp³-hybridized carbons (Fsp3) is 0.753. The molecule has 1 aromatic rings. The van der Waals surface area contributed by atoms with Crippen molar-refractivity contribution in [1.82, 2.24) is 79.8 Å². The molecule has 1 aromatic carbocycles. The number of fused-ring (bicyclic) bond motifs is 3. The van der Waals surface area contributed by atoms with E-state index in [0.29, 0.717) is 94.8 Å². The van der Waals surface area contributed by atoms with Gasteiger partial charge in [-0.1, -0.05) is 71.7 Å². The van der Waals surface area contributed by atoms with Crippen LogP contribution in [0.15, 0.2) is 24.3 Å². The number of benzene rings is 1. The Balaban J connectivity index is 1.23. The summed E-state index contributed by atoms with van der Waals surface area (Å²) in [6.07, 6.45) is -0.107. The van der Waals surface area contributed by atoms with Crippen molar-refractivity contribution in [3.63, 3.8) is 0 Å². The maximum atomic E-state index is 15.2. The first-order valence-corrected chi connectivity index (χ1v) is 42.7. The van der Waals surface area contributed by atoms with Gasteiger partial charge in [0.05, 0.1) is 30.6 Å². The van der Waals surface area contributed by atoms with E-state index in [4.69, 9.17) is 5.73 Å². The average molecular weight is 1630 g/mol. The Morgan fingerprint density at radius 2 is 0.991 bits per heavy atom. The van der Waals surface area contributed by atoms with Crippen molar-refractivity contribution in [2.45, 2.75) is 298 Å². The molecule has 2 aliphatic carbocycles. The highest BCUT2D eigenvalue weighted by atomic mass is 32.2.